The van der Waals surface area contributed by atoms with Crippen LogP contribution in [0.4, 0.5) is 4.39 Å². The van der Waals surface area contributed by atoms with Crippen molar-refractivity contribution in [1.29, 1.82) is 0 Å². The maximum Gasteiger partial charge on any atom is 0.490 e. The van der Waals surface area contributed by atoms with Crippen LogP contribution < -0.4 is 10.2 Å². The molecule has 0 saturated carbocycles. The Kier molecular flexibility index (Phi) is 3.22. The van der Waals surface area contributed by atoms with E-state index >= 15 is 0 Å². The Labute approximate surface area is 75.1 Å². The van der Waals surface area contributed by atoms with Crippen molar-refractivity contribution in [3.63, 3.8) is 0 Å². The third-order valence-electron chi connectivity index (χ3n) is 1.34. The average molecular weight is 185 g/mol. The van der Waals surface area contributed by atoms with Crippen LogP contribution in [0.15, 0.2) is 18.3 Å². The predicted molar refractivity (Wildman–Crippen MR) is 45.3 cm³/mol. The molecular weight excluding hydrogens is 176 g/mol. The second-order valence-corrected chi connectivity index (χ2v) is 2.46. The highest BCUT2D eigenvalue weighted by Gasteiger charge is 2.11. The van der Waals surface area contributed by atoms with Crippen molar-refractivity contribution >= 4 is 12.6 Å². The molecule has 70 valence electrons. The number of ether oxygens (including phenoxy) is 1. The molecule has 1 unspecified atom stereocenters. The maximum absolute atomic E-state index is 12.3. The molecular formula is C7H9BFNO3. The summed E-state index contributed by atoms with van der Waals surface area (Å²) < 4.78 is 16.9. The van der Waals surface area contributed by atoms with Crippen molar-refractivity contribution in [2.75, 3.05) is 0 Å². The zero-order chi connectivity index (χ0) is 9.84. The lowest BCUT2D eigenvalue weighted by Crippen LogP contribution is -2.30. The highest BCUT2D eigenvalue weighted by molar-refractivity contribution is 6.58. The van der Waals surface area contributed by atoms with Crippen LogP contribution in [0.5, 0.6) is 5.88 Å². The van der Waals surface area contributed by atoms with Crippen molar-refractivity contribution in [2.24, 2.45) is 0 Å². The lowest BCUT2D eigenvalue weighted by molar-refractivity contribution is 0.0810. The maximum atomic E-state index is 12.3. The zero-order valence-electron chi connectivity index (χ0n) is 7.01. The number of rotatable bonds is 3. The number of alkyl halides is 1. The average Bonchev–Trinajstić information content (AvgIpc) is 2.04. The molecule has 1 heterocycles. The Hall–Kier alpha value is -1.14. The summed E-state index contributed by atoms with van der Waals surface area (Å²) in [5.41, 5.74) is 0.235. The van der Waals surface area contributed by atoms with Gasteiger partial charge in [0.1, 0.15) is 0 Å². The van der Waals surface area contributed by atoms with E-state index in [2.05, 4.69) is 9.72 Å². The van der Waals surface area contributed by atoms with E-state index in [9.17, 15) is 4.39 Å². The Morgan fingerprint density at radius 2 is 2.23 bits per heavy atom. The topological polar surface area (TPSA) is 62.6 Å². The number of aromatic nitrogens is 1. The molecule has 0 amide bonds. The standard InChI is InChI=1S/C7H9BFNO3/c1-5(9)13-7-3-2-6(4-10-7)8(11)12/h2-5,11-12H,1H3. The van der Waals surface area contributed by atoms with E-state index < -0.39 is 13.5 Å². The van der Waals surface area contributed by atoms with Crippen LogP contribution in [0.1, 0.15) is 6.92 Å². The summed E-state index contributed by atoms with van der Waals surface area (Å²) >= 11 is 0. The van der Waals surface area contributed by atoms with Gasteiger partial charge >= 0.3 is 7.12 Å². The van der Waals surface area contributed by atoms with Gasteiger partial charge in [-0.2, -0.15) is 0 Å². The monoisotopic (exact) mass is 185 g/mol. The molecule has 1 aromatic rings. The van der Waals surface area contributed by atoms with E-state index in [-0.39, 0.29) is 11.3 Å². The zero-order valence-corrected chi connectivity index (χ0v) is 7.01. The lowest BCUT2D eigenvalue weighted by atomic mass is 9.82. The second kappa shape index (κ2) is 4.20. The van der Waals surface area contributed by atoms with Gasteiger partial charge in [0.25, 0.3) is 0 Å². The van der Waals surface area contributed by atoms with E-state index in [0.717, 1.165) is 0 Å². The van der Waals surface area contributed by atoms with Crippen LogP contribution in [0.3, 0.4) is 0 Å². The fraction of sp³-hybridized carbons (Fsp3) is 0.286. The molecule has 4 nitrogen and oxygen atoms in total. The van der Waals surface area contributed by atoms with Crippen LogP contribution in [-0.2, 0) is 0 Å². The molecule has 0 spiro atoms. The quantitative estimate of drug-likeness (QED) is 0.620. The van der Waals surface area contributed by atoms with Gasteiger partial charge in [0.15, 0.2) is 0 Å². The van der Waals surface area contributed by atoms with E-state index in [4.69, 9.17) is 10.0 Å². The van der Waals surface area contributed by atoms with Crippen molar-refractivity contribution < 1.29 is 19.2 Å². The van der Waals surface area contributed by atoms with Crippen molar-refractivity contribution in [3.8, 4) is 5.88 Å². The molecule has 1 rings (SSSR count). The highest BCUT2D eigenvalue weighted by Crippen LogP contribution is 2.05. The molecule has 1 atom stereocenters. The summed E-state index contributed by atoms with van der Waals surface area (Å²) in [6, 6.07) is 2.76. The van der Waals surface area contributed by atoms with Gasteiger partial charge < -0.3 is 14.8 Å². The summed E-state index contributed by atoms with van der Waals surface area (Å²) in [4.78, 5) is 3.66. The minimum absolute atomic E-state index is 0.111. The molecule has 1 aromatic heterocycles. The van der Waals surface area contributed by atoms with Crippen molar-refractivity contribution in [1.82, 2.24) is 4.98 Å². The fourth-order valence-electron chi connectivity index (χ4n) is 0.781. The molecule has 0 aliphatic rings. The molecule has 0 aromatic carbocycles. The molecule has 0 fully saturated rings. The van der Waals surface area contributed by atoms with Crippen LogP contribution in [-0.4, -0.2) is 28.5 Å². The van der Waals surface area contributed by atoms with Gasteiger partial charge in [0.2, 0.25) is 12.2 Å². The Morgan fingerprint density at radius 1 is 1.54 bits per heavy atom. The first-order valence-corrected chi connectivity index (χ1v) is 3.72. The minimum Gasteiger partial charge on any atom is -0.444 e. The Morgan fingerprint density at radius 3 is 2.62 bits per heavy atom. The van der Waals surface area contributed by atoms with Crippen molar-refractivity contribution in [2.45, 2.75) is 13.3 Å². The van der Waals surface area contributed by atoms with Gasteiger partial charge in [-0.25, -0.2) is 9.37 Å². The molecule has 0 aliphatic carbocycles. The van der Waals surface area contributed by atoms with Gasteiger partial charge in [-0.05, 0) is 0 Å². The summed E-state index contributed by atoms with van der Waals surface area (Å²) in [6.45, 7) is 1.23. The molecule has 2 N–H and O–H groups in total. The molecule has 6 heteroatoms. The van der Waals surface area contributed by atoms with E-state index in [0.29, 0.717) is 0 Å². The largest absolute Gasteiger partial charge is 0.490 e. The molecule has 0 saturated heterocycles. The summed E-state index contributed by atoms with van der Waals surface area (Å²) in [5.74, 6) is 0.111. The number of pyridine rings is 1. The first kappa shape index (κ1) is 9.95. The first-order valence-electron chi connectivity index (χ1n) is 3.72. The molecule has 0 bridgehead atoms. The van der Waals surface area contributed by atoms with E-state index in [1.165, 1.54) is 25.3 Å². The smallest absolute Gasteiger partial charge is 0.444 e. The SMILES string of the molecule is CC(F)Oc1ccc(B(O)O)cn1. The Balaban J connectivity index is 2.70. The lowest BCUT2D eigenvalue weighted by Gasteiger charge is -2.05. The number of nitrogens with zero attached hydrogens (tertiary/aromatic N) is 1. The van der Waals surface area contributed by atoms with Gasteiger partial charge in [-0.1, -0.05) is 6.07 Å². The van der Waals surface area contributed by atoms with Crippen LogP contribution in [0, 0.1) is 0 Å². The number of hydrogen-bond acceptors (Lipinski definition) is 4. The van der Waals surface area contributed by atoms with Gasteiger partial charge in [-0.15, -0.1) is 0 Å². The minimum atomic E-state index is -1.57. The van der Waals surface area contributed by atoms with Crippen LogP contribution >= 0.6 is 0 Å². The van der Waals surface area contributed by atoms with Gasteiger partial charge in [0, 0.05) is 24.6 Å². The molecule has 13 heavy (non-hydrogen) atoms. The molecule has 0 aliphatic heterocycles. The predicted octanol–water partition coefficient (Wildman–Crippen LogP) is -0.544. The first-order chi connectivity index (χ1) is 6.09. The third kappa shape index (κ3) is 3.00. The van der Waals surface area contributed by atoms with Gasteiger partial charge in [-0.3, -0.25) is 0 Å². The van der Waals surface area contributed by atoms with Gasteiger partial charge in [0.05, 0.1) is 0 Å². The second-order valence-electron chi connectivity index (χ2n) is 2.46. The highest BCUT2D eigenvalue weighted by atomic mass is 19.1. The fourth-order valence-corrected chi connectivity index (χ4v) is 0.781. The Bertz CT molecular complexity index is 265. The van der Waals surface area contributed by atoms with Crippen molar-refractivity contribution in [3.05, 3.63) is 18.3 Å². The van der Waals surface area contributed by atoms with E-state index in [1.807, 2.05) is 0 Å². The number of hydrogen-bond donors (Lipinski definition) is 2. The van der Waals surface area contributed by atoms with Crippen LogP contribution in [0.25, 0.3) is 0 Å². The third-order valence-corrected chi connectivity index (χ3v) is 1.34. The summed E-state index contributed by atoms with van der Waals surface area (Å²) in [7, 11) is -1.57. The van der Waals surface area contributed by atoms with Crippen LogP contribution in [0.2, 0.25) is 0 Å². The summed E-state index contributed by atoms with van der Waals surface area (Å²) in [5, 5.41) is 17.4. The normalized spacial score (nSPS) is 12.3. The van der Waals surface area contributed by atoms with E-state index in [1.54, 1.807) is 0 Å². The summed E-state index contributed by atoms with van der Waals surface area (Å²) in [6.07, 6.45) is -0.222. The molecule has 0 radical (unpaired) electrons. The number of halogens is 1.